The quantitative estimate of drug-likeness (QED) is 0.750. The molecule has 0 spiro atoms. The second kappa shape index (κ2) is 6.02. The summed E-state index contributed by atoms with van der Waals surface area (Å²) in [5, 5.41) is 0. The Balaban J connectivity index is 2.62. The summed E-state index contributed by atoms with van der Waals surface area (Å²) in [7, 11) is 1.73. The average molecular weight is 221 g/mol. The molecule has 0 fully saturated rings. The highest BCUT2D eigenvalue weighted by molar-refractivity contribution is 5.25. The van der Waals surface area contributed by atoms with Crippen molar-refractivity contribution in [3.05, 3.63) is 35.9 Å². The number of hydrogen-bond donors (Lipinski definition) is 1. The van der Waals surface area contributed by atoms with Crippen LogP contribution >= 0.6 is 0 Å². The molecule has 0 aromatic heterocycles. The first-order valence-electron chi connectivity index (χ1n) is 5.89. The Hall–Kier alpha value is -0.860. The molecule has 1 aromatic rings. The van der Waals surface area contributed by atoms with E-state index in [2.05, 4.69) is 38.1 Å². The average Bonchev–Trinajstić information content (AvgIpc) is 2.30. The van der Waals surface area contributed by atoms with Crippen LogP contribution in [0.1, 0.15) is 32.3 Å². The van der Waals surface area contributed by atoms with Crippen LogP contribution in [0.25, 0.3) is 0 Å². The summed E-state index contributed by atoms with van der Waals surface area (Å²) < 4.78 is 5.06. The molecule has 2 N–H and O–H groups in total. The zero-order valence-corrected chi connectivity index (χ0v) is 10.6. The van der Waals surface area contributed by atoms with E-state index in [1.165, 1.54) is 5.56 Å². The highest BCUT2D eigenvalue weighted by atomic mass is 16.5. The molecule has 0 saturated carbocycles. The Kier molecular flexibility index (Phi) is 4.97. The van der Waals surface area contributed by atoms with Gasteiger partial charge in [-0.1, -0.05) is 44.2 Å². The minimum Gasteiger partial charge on any atom is -0.385 e. The van der Waals surface area contributed by atoms with Crippen molar-refractivity contribution in [2.75, 3.05) is 13.7 Å². The predicted molar refractivity (Wildman–Crippen MR) is 68.6 cm³/mol. The predicted octanol–water partition coefficient (Wildman–Crippen LogP) is 2.72. The molecule has 0 radical (unpaired) electrons. The monoisotopic (exact) mass is 221 g/mol. The smallest absolute Gasteiger partial charge is 0.0462 e. The lowest BCUT2D eigenvalue weighted by Crippen LogP contribution is -2.40. The number of ether oxygens (including phenoxy) is 1. The summed E-state index contributed by atoms with van der Waals surface area (Å²) in [5.41, 5.74) is 7.60. The second-order valence-electron chi connectivity index (χ2n) is 4.83. The molecule has 0 aliphatic rings. The van der Waals surface area contributed by atoms with Crippen molar-refractivity contribution in [3.63, 3.8) is 0 Å². The molecule has 1 unspecified atom stereocenters. The fourth-order valence-corrected chi connectivity index (χ4v) is 1.89. The van der Waals surface area contributed by atoms with Crippen LogP contribution in [0.2, 0.25) is 0 Å². The normalized spacial score (nSPS) is 13.8. The van der Waals surface area contributed by atoms with Gasteiger partial charge < -0.3 is 10.5 Å². The van der Waals surface area contributed by atoms with Gasteiger partial charge in [0.15, 0.2) is 0 Å². The van der Waals surface area contributed by atoms with Gasteiger partial charge in [-0.3, -0.25) is 0 Å². The van der Waals surface area contributed by atoms with Gasteiger partial charge in [0.05, 0.1) is 0 Å². The van der Waals surface area contributed by atoms with E-state index >= 15 is 0 Å². The molecule has 1 atom stereocenters. The Morgan fingerprint density at radius 2 is 1.88 bits per heavy atom. The van der Waals surface area contributed by atoms with Gasteiger partial charge in [0.2, 0.25) is 0 Å². The largest absolute Gasteiger partial charge is 0.385 e. The summed E-state index contributed by atoms with van der Waals surface area (Å²) in [4.78, 5) is 0. The number of hydrogen-bond acceptors (Lipinski definition) is 2. The van der Waals surface area contributed by atoms with Gasteiger partial charge in [0.1, 0.15) is 0 Å². The van der Waals surface area contributed by atoms with Crippen molar-refractivity contribution >= 4 is 0 Å². The third kappa shape index (κ3) is 3.32. The first-order chi connectivity index (χ1) is 7.59. The molecular formula is C14H23NO. The molecule has 0 heterocycles. The van der Waals surface area contributed by atoms with Crippen molar-refractivity contribution in [2.45, 2.75) is 38.1 Å². The summed E-state index contributed by atoms with van der Waals surface area (Å²) in [6.07, 6.45) is 2.02. The fourth-order valence-electron chi connectivity index (χ4n) is 1.89. The second-order valence-corrected chi connectivity index (χ2v) is 4.83. The minimum absolute atomic E-state index is 0.0228. The van der Waals surface area contributed by atoms with Gasteiger partial charge in [0.25, 0.3) is 0 Å². The molecule has 0 aliphatic carbocycles. The molecule has 0 bridgehead atoms. The molecule has 0 amide bonds. The molecule has 1 rings (SSSR count). The van der Waals surface area contributed by atoms with Crippen LogP contribution in [0.4, 0.5) is 0 Å². The van der Waals surface area contributed by atoms with Crippen LogP contribution < -0.4 is 5.73 Å². The van der Waals surface area contributed by atoms with E-state index in [0.717, 1.165) is 19.4 Å². The Morgan fingerprint density at radius 1 is 1.25 bits per heavy atom. The van der Waals surface area contributed by atoms with Crippen LogP contribution in [-0.2, 0) is 10.2 Å². The van der Waals surface area contributed by atoms with Crippen LogP contribution in [-0.4, -0.2) is 19.8 Å². The number of nitrogens with two attached hydrogens (primary N) is 1. The van der Waals surface area contributed by atoms with Gasteiger partial charge in [-0.25, -0.2) is 0 Å². The van der Waals surface area contributed by atoms with E-state index < -0.39 is 0 Å². The lowest BCUT2D eigenvalue weighted by molar-refractivity contribution is 0.186. The maximum atomic E-state index is 6.27. The van der Waals surface area contributed by atoms with Crippen molar-refractivity contribution < 1.29 is 4.74 Å². The minimum atomic E-state index is 0.0228. The van der Waals surface area contributed by atoms with Crippen molar-refractivity contribution in [2.24, 2.45) is 5.73 Å². The summed E-state index contributed by atoms with van der Waals surface area (Å²) in [6, 6.07) is 10.6. The zero-order chi connectivity index (χ0) is 12.0. The molecule has 1 aromatic carbocycles. The molecule has 16 heavy (non-hydrogen) atoms. The number of methoxy groups -OCH3 is 1. The lowest BCUT2D eigenvalue weighted by atomic mass is 9.76. The molecule has 2 nitrogen and oxygen atoms in total. The van der Waals surface area contributed by atoms with Crippen LogP contribution in [0.15, 0.2) is 30.3 Å². The summed E-state index contributed by atoms with van der Waals surface area (Å²) in [6.45, 7) is 5.21. The first-order valence-corrected chi connectivity index (χ1v) is 5.89. The third-order valence-electron chi connectivity index (χ3n) is 3.31. The van der Waals surface area contributed by atoms with E-state index in [0.29, 0.717) is 0 Å². The zero-order valence-electron chi connectivity index (χ0n) is 10.6. The van der Waals surface area contributed by atoms with Gasteiger partial charge in [-0.15, -0.1) is 0 Å². The lowest BCUT2D eigenvalue weighted by Gasteiger charge is -2.32. The van der Waals surface area contributed by atoms with Gasteiger partial charge in [-0.2, -0.15) is 0 Å². The SMILES string of the molecule is COCCCC(N)C(C)(C)c1ccccc1. The Bertz CT molecular complexity index is 295. The molecule has 0 saturated heterocycles. The fraction of sp³-hybridized carbons (Fsp3) is 0.571. The van der Waals surface area contributed by atoms with E-state index in [1.54, 1.807) is 7.11 Å². The van der Waals surface area contributed by atoms with Crippen molar-refractivity contribution in [1.29, 1.82) is 0 Å². The van der Waals surface area contributed by atoms with Gasteiger partial charge >= 0.3 is 0 Å². The van der Waals surface area contributed by atoms with Crippen molar-refractivity contribution in [1.82, 2.24) is 0 Å². The van der Waals surface area contributed by atoms with Crippen molar-refractivity contribution in [3.8, 4) is 0 Å². The van der Waals surface area contributed by atoms with E-state index in [1.807, 2.05) is 6.07 Å². The van der Waals surface area contributed by atoms with Crippen LogP contribution in [0, 0.1) is 0 Å². The highest BCUT2D eigenvalue weighted by Gasteiger charge is 2.27. The Labute approximate surface area is 98.8 Å². The highest BCUT2D eigenvalue weighted by Crippen LogP contribution is 2.27. The molecular weight excluding hydrogens is 198 g/mol. The number of benzene rings is 1. The molecule has 0 aliphatic heterocycles. The standard InChI is InChI=1S/C14H23NO/c1-14(2,12-8-5-4-6-9-12)13(15)10-7-11-16-3/h4-6,8-9,13H,7,10-11,15H2,1-3H3. The van der Waals surface area contributed by atoms with Crippen LogP contribution in [0.5, 0.6) is 0 Å². The topological polar surface area (TPSA) is 35.2 Å². The third-order valence-corrected chi connectivity index (χ3v) is 3.31. The van der Waals surface area contributed by atoms with Crippen LogP contribution in [0.3, 0.4) is 0 Å². The van der Waals surface area contributed by atoms with E-state index in [-0.39, 0.29) is 11.5 Å². The van der Waals surface area contributed by atoms with Gasteiger partial charge in [0, 0.05) is 25.2 Å². The first kappa shape index (κ1) is 13.2. The summed E-state index contributed by atoms with van der Waals surface area (Å²) in [5.74, 6) is 0. The molecule has 90 valence electrons. The Morgan fingerprint density at radius 3 is 2.44 bits per heavy atom. The van der Waals surface area contributed by atoms with E-state index in [4.69, 9.17) is 10.5 Å². The maximum absolute atomic E-state index is 6.27. The van der Waals surface area contributed by atoms with Gasteiger partial charge in [-0.05, 0) is 18.4 Å². The summed E-state index contributed by atoms with van der Waals surface area (Å²) >= 11 is 0. The number of rotatable bonds is 6. The molecule has 2 heteroatoms. The maximum Gasteiger partial charge on any atom is 0.0462 e. The van der Waals surface area contributed by atoms with E-state index in [9.17, 15) is 0 Å².